The van der Waals surface area contributed by atoms with Gasteiger partial charge in [-0.3, -0.25) is 4.79 Å². The van der Waals surface area contributed by atoms with E-state index in [0.717, 1.165) is 6.07 Å². The standard InChI is InChI=1S/C8H4F3OS/c9-8(10,11)13-7-3-1-2-6(4-7)5-12/h1-4H. The van der Waals surface area contributed by atoms with Crippen LogP contribution in [-0.4, -0.2) is 11.8 Å². The lowest BCUT2D eigenvalue weighted by Gasteiger charge is -2.04. The highest BCUT2D eigenvalue weighted by molar-refractivity contribution is 8.00. The van der Waals surface area contributed by atoms with E-state index in [9.17, 15) is 18.0 Å². The van der Waals surface area contributed by atoms with Crippen molar-refractivity contribution < 1.29 is 18.0 Å². The quantitative estimate of drug-likeness (QED) is 0.690. The van der Waals surface area contributed by atoms with Crippen molar-refractivity contribution in [2.24, 2.45) is 0 Å². The van der Waals surface area contributed by atoms with Crippen LogP contribution in [0, 0.1) is 0 Å². The predicted octanol–water partition coefficient (Wildman–Crippen LogP) is 2.76. The third-order valence-corrected chi connectivity index (χ3v) is 1.91. The van der Waals surface area contributed by atoms with Crippen LogP contribution in [-0.2, 0) is 4.79 Å². The van der Waals surface area contributed by atoms with Crippen LogP contribution in [0.3, 0.4) is 0 Å². The monoisotopic (exact) mass is 205 g/mol. The lowest BCUT2D eigenvalue weighted by atomic mass is 10.2. The molecule has 1 radical (unpaired) electrons. The van der Waals surface area contributed by atoms with Crippen LogP contribution >= 0.6 is 11.8 Å². The molecular formula is C8H4F3OS. The highest BCUT2D eigenvalue weighted by Crippen LogP contribution is 2.36. The van der Waals surface area contributed by atoms with Crippen molar-refractivity contribution in [3.05, 3.63) is 29.8 Å². The Morgan fingerprint density at radius 2 is 2.00 bits per heavy atom. The van der Waals surface area contributed by atoms with Crippen LogP contribution in [0.4, 0.5) is 13.2 Å². The highest BCUT2D eigenvalue weighted by Gasteiger charge is 2.29. The Labute approximate surface area is 76.9 Å². The lowest BCUT2D eigenvalue weighted by Crippen LogP contribution is -1.99. The molecule has 0 heterocycles. The Morgan fingerprint density at radius 3 is 2.54 bits per heavy atom. The molecule has 0 unspecified atom stereocenters. The SMILES string of the molecule is O=[C]c1cccc(SC(F)(F)F)c1. The zero-order valence-corrected chi connectivity index (χ0v) is 7.08. The summed E-state index contributed by atoms with van der Waals surface area (Å²) >= 11 is -0.249. The lowest BCUT2D eigenvalue weighted by molar-refractivity contribution is -0.0328. The number of halogens is 3. The van der Waals surface area contributed by atoms with Crippen molar-refractivity contribution in [1.82, 2.24) is 0 Å². The van der Waals surface area contributed by atoms with Gasteiger partial charge >= 0.3 is 5.51 Å². The fourth-order valence-corrected chi connectivity index (χ4v) is 1.36. The van der Waals surface area contributed by atoms with Crippen LogP contribution in [0.1, 0.15) is 5.56 Å². The zero-order chi connectivity index (χ0) is 9.90. The van der Waals surface area contributed by atoms with Crippen molar-refractivity contribution in [2.45, 2.75) is 10.4 Å². The van der Waals surface area contributed by atoms with E-state index in [2.05, 4.69) is 0 Å². The zero-order valence-electron chi connectivity index (χ0n) is 6.26. The van der Waals surface area contributed by atoms with E-state index in [-0.39, 0.29) is 22.2 Å². The first-order valence-electron chi connectivity index (χ1n) is 3.25. The second-order valence-corrected chi connectivity index (χ2v) is 3.32. The number of hydrogen-bond donors (Lipinski definition) is 0. The van der Waals surface area contributed by atoms with Gasteiger partial charge in [0.25, 0.3) is 0 Å². The number of benzene rings is 1. The third-order valence-electron chi connectivity index (χ3n) is 1.19. The Morgan fingerprint density at radius 1 is 1.31 bits per heavy atom. The molecule has 1 aromatic carbocycles. The second-order valence-electron chi connectivity index (χ2n) is 2.18. The van der Waals surface area contributed by atoms with Crippen molar-refractivity contribution in [3.63, 3.8) is 0 Å². The molecular weight excluding hydrogens is 201 g/mol. The van der Waals surface area contributed by atoms with Gasteiger partial charge in [-0.15, -0.1) is 0 Å². The molecule has 5 heteroatoms. The van der Waals surface area contributed by atoms with Crippen LogP contribution in [0.25, 0.3) is 0 Å². The van der Waals surface area contributed by atoms with Crippen molar-refractivity contribution in [1.29, 1.82) is 0 Å². The predicted molar refractivity (Wildman–Crippen MR) is 43.1 cm³/mol. The topological polar surface area (TPSA) is 17.1 Å². The first-order chi connectivity index (χ1) is 6.01. The number of thioether (sulfide) groups is 1. The van der Waals surface area contributed by atoms with Gasteiger partial charge in [-0.2, -0.15) is 13.2 Å². The number of carbonyl (C=O) groups excluding carboxylic acids is 1. The van der Waals surface area contributed by atoms with E-state index < -0.39 is 5.51 Å². The molecule has 1 rings (SSSR count). The summed E-state index contributed by atoms with van der Waals surface area (Å²) in [4.78, 5) is 10.1. The van der Waals surface area contributed by atoms with Crippen LogP contribution in [0.15, 0.2) is 29.2 Å². The van der Waals surface area contributed by atoms with Crippen molar-refractivity contribution in [2.75, 3.05) is 0 Å². The van der Waals surface area contributed by atoms with Gasteiger partial charge in [0.15, 0.2) is 0 Å². The normalized spacial score (nSPS) is 11.3. The van der Waals surface area contributed by atoms with Crippen molar-refractivity contribution in [3.8, 4) is 0 Å². The largest absolute Gasteiger partial charge is 0.446 e. The fraction of sp³-hybridized carbons (Fsp3) is 0.125. The Balaban J connectivity index is 2.84. The number of hydrogen-bond acceptors (Lipinski definition) is 2. The van der Waals surface area contributed by atoms with Gasteiger partial charge in [-0.05, 0) is 23.9 Å². The first kappa shape index (κ1) is 10.1. The molecule has 0 bridgehead atoms. The molecule has 0 aromatic heterocycles. The average Bonchev–Trinajstić information content (AvgIpc) is 2.01. The van der Waals surface area contributed by atoms with Gasteiger partial charge in [0.1, 0.15) is 0 Å². The second kappa shape index (κ2) is 3.83. The molecule has 0 amide bonds. The molecule has 0 aliphatic carbocycles. The molecule has 0 spiro atoms. The summed E-state index contributed by atoms with van der Waals surface area (Å²) in [7, 11) is 0. The highest BCUT2D eigenvalue weighted by atomic mass is 32.2. The molecule has 0 aliphatic heterocycles. The molecule has 0 aliphatic rings. The third kappa shape index (κ3) is 3.50. The summed E-state index contributed by atoms with van der Waals surface area (Å²) in [5.41, 5.74) is -4.20. The summed E-state index contributed by atoms with van der Waals surface area (Å²) in [6.07, 6.45) is 1.52. The van der Waals surface area contributed by atoms with Gasteiger partial charge in [0.05, 0.1) is 0 Å². The molecule has 0 fully saturated rings. The van der Waals surface area contributed by atoms with Gasteiger partial charge in [0, 0.05) is 10.5 Å². The molecule has 13 heavy (non-hydrogen) atoms. The van der Waals surface area contributed by atoms with Gasteiger partial charge < -0.3 is 0 Å². The minimum atomic E-state index is -4.32. The van der Waals surface area contributed by atoms with Crippen LogP contribution in [0.5, 0.6) is 0 Å². The maximum Gasteiger partial charge on any atom is 0.446 e. The Hall–Kier alpha value is -0.970. The maximum atomic E-state index is 11.8. The molecule has 1 aromatic rings. The summed E-state index contributed by atoms with van der Waals surface area (Å²) < 4.78 is 35.5. The van der Waals surface area contributed by atoms with Crippen LogP contribution < -0.4 is 0 Å². The van der Waals surface area contributed by atoms with E-state index in [1.807, 2.05) is 0 Å². The van der Waals surface area contributed by atoms with Crippen LogP contribution in [0.2, 0.25) is 0 Å². The van der Waals surface area contributed by atoms with E-state index in [1.165, 1.54) is 24.5 Å². The van der Waals surface area contributed by atoms with Gasteiger partial charge in [0.2, 0.25) is 6.29 Å². The number of rotatable bonds is 2. The van der Waals surface area contributed by atoms with Crippen molar-refractivity contribution >= 4 is 18.0 Å². The average molecular weight is 205 g/mol. The Bertz CT molecular complexity index is 309. The number of alkyl halides is 3. The molecule has 69 valence electrons. The Kier molecular flexibility index (Phi) is 2.98. The molecule has 0 saturated heterocycles. The first-order valence-corrected chi connectivity index (χ1v) is 4.07. The smallest absolute Gasteiger partial charge is 0.285 e. The molecule has 0 saturated carbocycles. The summed E-state index contributed by atoms with van der Waals surface area (Å²) in [5, 5.41) is 0. The molecule has 1 nitrogen and oxygen atoms in total. The van der Waals surface area contributed by atoms with Gasteiger partial charge in [-0.25, -0.2) is 0 Å². The fourth-order valence-electron chi connectivity index (χ4n) is 0.757. The minimum Gasteiger partial charge on any atom is -0.285 e. The summed E-state index contributed by atoms with van der Waals surface area (Å²) in [6, 6.07) is 5.21. The molecule has 0 atom stereocenters. The van der Waals surface area contributed by atoms with Gasteiger partial charge in [-0.1, -0.05) is 12.1 Å². The minimum absolute atomic E-state index is 0.00616. The molecule has 0 N–H and O–H groups in total. The van der Waals surface area contributed by atoms with E-state index in [0.29, 0.717) is 0 Å². The van der Waals surface area contributed by atoms with E-state index in [1.54, 1.807) is 0 Å². The summed E-state index contributed by atoms with van der Waals surface area (Å²) in [6.45, 7) is 0. The van der Waals surface area contributed by atoms with E-state index in [4.69, 9.17) is 0 Å². The summed E-state index contributed by atoms with van der Waals surface area (Å²) in [5.74, 6) is 0. The maximum absolute atomic E-state index is 11.8. The van der Waals surface area contributed by atoms with E-state index >= 15 is 0 Å².